The summed E-state index contributed by atoms with van der Waals surface area (Å²) >= 11 is 0. The van der Waals surface area contributed by atoms with E-state index in [0.717, 1.165) is 13.0 Å². The normalized spacial score (nSPS) is 23.7. The second-order valence-corrected chi connectivity index (χ2v) is 3.49. The fourth-order valence-electron chi connectivity index (χ4n) is 1.73. The number of likely N-dealkylation sites (tertiary alicyclic amines) is 1. The SMILES string of the molecule is CC.CN1CCCCC(CC#N)C1. The fraction of sp³-hybridized carbons (Fsp3) is 0.909. The third-order valence-corrected chi connectivity index (χ3v) is 2.35. The average molecular weight is 182 g/mol. The number of hydrogen-bond donors (Lipinski definition) is 0. The molecule has 0 saturated carbocycles. The zero-order chi connectivity index (χ0) is 10.1. The smallest absolute Gasteiger partial charge is 0.0625 e. The van der Waals surface area contributed by atoms with Gasteiger partial charge in [-0.3, -0.25) is 0 Å². The largest absolute Gasteiger partial charge is 0.306 e. The molecular weight excluding hydrogens is 160 g/mol. The Kier molecular flexibility index (Phi) is 7.73. The average Bonchev–Trinajstić information content (AvgIpc) is 2.34. The predicted molar refractivity (Wildman–Crippen MR) is 56.4 cm³/mol. The molecule has 1 aliphatic heterocycles. The van der Waals surface area contributed by atoms with E-state index in [1.165, 1.54) is 25.8 Å². The van der Waals surface area contributed by atoms with E-state index in [4.69, 9.17) is 5.26 Å². The molecule has 13 heavy (non-hydrogen) atoms. The van der Waals surface area contributed by atoms with Gasteiger partial charge in [0.15, 0.2) is 0 Å². The number of rotatable bonds is 1. The Hall–Kier alpha value is -0.550. The molecule has 1 heterocycles. The van der Waals surface area contributed by atoms with Crippen molar-refractivity contribution in [1.29, 1.82) is 5.26 Å². The summed E-state index contributed by atoms with van der Waals surface area (Å²) in [6, 6.07) is 2.26. The van der Waals surface area contributed by atoms with Gasteiger partial charge in [-0.25, -0.2) is 0 Å². The van der Waals surface area contributed by atoms with Crippen LogP contribution in [0.2, 0.25) is 0 Å². The van der Waals surface area contributed by atoms with Gasteiger partial charge >= 0.3 is 0 Å². The molecule has 2 heteroatoms. The number of nitrogens with zero attached hydrogens (tertiary/aromatic N) is 2. The van der Waals surface area contributed by atoms with Gasteiger partial charge in [-0.2, -0.15) is 5.26 Å². The number of hydrogen-bond acceptors (Lipinski definition) is 2. The molecule has 1 atom stereocenters. The molecule has 0 aromatic heterocycles. The Labute approximate surface area is 82.5 Å². The highest BCUT2D eigenvalue weighted by Crippen LogP contribution is 2.17. The maximum absolute atomic E-state index is 8.53. The van der Waals surface area contributed by atoms with Gasteiger partial charge in [0.05, 0.1) is 6.07 Å². The summed E-state index contributed by atoms with van der Waals surface area (Å²) in [7, 11) is 2.15. The van der Waals surface area contributed by atoms with Crippen molar-refractivity contribution in [3.8, 4) is 6.07 Å². The molecule has 0 bridgehead atoms. The lowest BCUT2D eigenvalue weighted by Gasteiger charge is -2.16. The summed E-state index contributed by atoms with van der Waals surface area (Å²) in [5.74, 6) is 0.632. The van der Waals surface area contributed by atoms with E-state index in [0.29, 0.717) is 5.92 Å². The second kappa shape index (κ2) is 8.07. The molecule has 0 N–H and O–H groups in total. The van der Waals surface area contributed by atoms with Crippen molar-refractivity contribution in [2.24, 2.45) is 5.92 Å². The Morgan fingerprint density at radius 1 is 1.38 bits per heavy atom. The molecule has 1 fully saturated rings. The lowest BCUT2D eigenvalue weighted by atomic mass is 10.0. The Balaban J connectivity index is 0.000000671. The van der Waals surface area contributed by atoms with E-state index in [1.807, 2.05) is 13.8 Å². The minimum atomic E-state index is 0.632. The zero-order valence-corrected chi connectivity index (χ0v) is 9.21. The van der Waals surface area contributed by atoms with Crippen molar-refractivity contribution < 1.29 is 0 Å². The molecule has 0 radical (unpaired) electrons. The van der Waals surface area contributed by atoms with Crippen LogP contribution in [0.25, 0.3) is 0 Å². The first-order chi connectivity index (χ1) is 6.33. The summed E-state index contributed by atoms with van der Waals surface area (Å²) in [6.45, 7) is 6.33. The van der Waals surface area contributed by atoms with Crippen molar-refractivity contribution in [3.63, 3.8) is 0 Å². The monoisotopic (exact) mass is 182 g/mol. The number of nitriles is 1. The van der Waals surface area contributed by atoms with Gasteiger partial charge in [-0.15, -0.1) is 0 Å². The molecule has 1 unspecified atom stereocenters. The molecule has 2 nitrogen and oxygen atoms in total. The minimum absolute atomic E-state index is 0.632. The van der Waals surface area contributed by atoms with Crippen LogP contribution in [0.4, 0.5) is 0 Å². The highest BCUT2D eigenvalue weighted by molar-refractivity contribution is 4.79. The first-order valence-corrected chi connectivity index (χ1v) is 5.38. The van der Waals surface area contributed by atoms with E-state index < -0.39 is 0 Å². The highest BCUT2D eigenvalue weighted by atomic mass is 15.1. The van der Waals surface area contributed by atoms with Gasteiger partial charge in [-0.05, 0) is 32.4 Å². The Morgan fingerprint density at radius 2 is 2.08 bits per heavy atom. The van der Waals surface area contributed by atoms with Gasteiger partial charge in [0.25, 0.3) is 0 Å². The predicted octanol–water partition coefficient (Wildman–Crippen LogP) is 2.66. The van der Waals surface area contributed by atoms with E-state index in [2.05, 4.69) is 18.0 Å². The Bertz CT molecular complexity index is 149. The lowest BCUT2D eigenvalue weighted by molar-refractivity contribution is 0.301. The maximum atomic E-state index is 8.53. The Morgan fingerprint density at radius 3 is 2.69 bits per heavy atom. The van der Waals surface area contributed by atoms with Crippen LogP contribution in [-0.4, -0.2) is 25.0 Å². The van der Waals surface area contributed by atoms with Gasteiger partial charge in [-0.1, -0.05) is 20.3 Å². The van der Waals surface area contributed by atoms with E-state index in [9.17, 15) is 0 Å². The molecule has 1 rings (SSSR count). The topological polar surface area (TPSA) is 27.0 Å². The zero-order valence-electron chi connectivity index (χ0n) is 9.21. The van der Waals surface area contributed by atoms with Gasteiger partial charge in [0, 0.05) is 13.0 Å². The van der Waals surface area contributed by atoms with Crippen LogP contribution in [0, 0.1) is 17.2 Å². The molecule has 1 aliphatic rings. The molecular formula is C11H22N2. The molecule has 1 saturated heterocycles. The first kappa shape index (κ1) is 12.4. The summed E-state index contributed by atoms with van der Waals surface area (Å²) in [4.78, 5) is 2.34. The molecule has 76 valence electrons. The van der Waals surface area contributed by atoms with Crippen molar-refractivity contribution in [3.05, 3.63) is 0 Å². The van der Waals surface area contributed by atoms with Crippen molar-refractivity contribution in [1.82, 2.24) is 4.90 Å². The van der Waals surface area contributed by atoms with Crippen LogP contribution in [0.5, 0.6) is 0 Å². The molecule has 0 amide bonds. The van der Waals surface area contributed by atoms with Crippen LogP contribution >= 0.6 is 0 Å². The maximum Gasteiger partial charge on any atom is 0.0625 e. The molecule has 0 aliphatic carbocycles. The lowest BCUT2D eigenvalue weighted by Crippen LogP contribution is -2.23. The third-order valence-electron chi connectivity index (χ3n) is 2.35. The van der Waals surface area contributed by atoms with Gasteiger partial charge < -0.3 is 4.90 Å². The van der Waals surface area contributed by atoms with Crippen LogP contribution in [-0.2, 0) is 0 Å². The molecule has 0 spiro atoms. The quantitative estimate of drug-likeness (QED) is 0.623. The first-order valence-electron chi connectivity index (χ1n) is 5.38. The molecule has 0 aromatic carbocycles. The highest BCUT2D eigenvalue weighted by Gasteiger charge is 2.14. The summed E-state index contributed by atoms with van der Waals surface area (Å²) < 4.78 is 0. The van der Waals surface area contributed by atoms with E-state index >= 15 is 0 Å². The van der Waals surface area contributed by atoms with Crippen molar-refractivity contribution in [2.45, 2.75) is 39.5 Å². The van der Waals surface area contributed by atoms with E-state index in [1.54, 1.807) is 0 Å². The molecule has 0 aromatic rings. The van der Waals surface area contributed by atoms with Crippen LogP contribution in [0.15, 0.2) is 0 Å². The third kappa shape index (κ3) is 5.65. The van der Waals surface area contributed by atoms with E-state index in [-0.39, 0.29) is 0 Å². The minimum Gasteiger partial charge on any atom is -0.306 e. The van der Waals surface area contributed by atoms with Crippen LogP contribution < -0.4 is 0 Å². The van der Waals surface area contributed by atoms with Crippen molar-refractivity contribution >= 4 is 0 Å². The summed E-state index contributed by atoms with van der Waals surface area (Å²) in [5.41, 5.74) is 0. The van der Waals surface area contributed by atoms with Crippen LogP contribution in [0.1, 0.15) is 39.5 Å². The van der Waals surface area contributed by atoms with Crippen molar-refractivity contribution in [2.75, 3.05) is 20.1 Å². The van der Waals surface area contributed by atoms with Crippen LogP contribution in [0.3, 0.4) is 0 Å². The second-order valence-electron chi connectivity index (χ2n) is 3.49. The fourth-order valence-corrected chi connectivity index (χ4v) is 1.73. The van der Waals surface area contributed by atoms with Gasteiger partial charge in [0.2, 0.25) is 0 Å². The standard InChI is InChI=1S/C9H16N2.C2H6/c1-11-7-3-2-4-9(8-11)5-6-10;1-2/h9H,2-5,7-8H2,1H3;1-2H3. The summed E-state index contributed by atoms with van der Waals surface area (Å²) in [5, 5.41) is 8.53. The summed E-state index contributed by atoms with van der Waals surface area (Å²) in [6.07, 6.45) is 4.59. The van der Waals surface area contributed by atoms with Gasteiger partial charge in [0.1, 0.15) is 0 Å².